The number of nitrogens with one attached hydrogen (secondary N) is 2. The van der Waals surface area contributed by atoms with E-state index < -0.39 is 67.8 Å². The van der Waals surface area contributed by atoms with Crippen molar-refractivity contribution >= 4 is 13.7 Å². The van der Waals surface area contributed by atoms with E-state index in [-0.39, 0.29) is 5.75 Å². The molecule has 2 aromatic rings. The van der Waals surface area contributed by atoms with Crippen LogP contribution in [0.15, 0.2) is 52.2 Å². The van der Waals surface area contributed by atoms with Crippen LogP contribution in [0.5, 0.6) is 5.75 Å². The van der Waals surface area contributed by atoms with Gasteiger partial charge >= 0.3 is 19.4 Å². The Morgan fingerprint density at radius 1 is 1.27 bits per heavy atom. The average Bonchev–Trinajstić information content (AvgIpc) is 3.08. The second kappa shape index (κ2) is 11.4. The highest BCUT2D eigenvalue weighted by Crippen LogP contribution is 2.46. The van der Waals surface area contributed by atoms with Crippen LogP contribution >= 0.6 is 7.75 Å². The molecule has 15 heteroatoms. The van der Waals surface area contributed by atoms with Crippen LogP contribution in [0.4, 0.5) is 0 Å². The predicted molar refractivity (Wildman–Crippen MR) is 126 cm³/mol. The molecule has 1 aromatic heterocycles. The molecule has 1 aliphatic rings. The Kier molecular flexibility index (Phi) is 8.70. The molecular weight excluding hydrogens is 511 g/mol. The lowest BCUT2D eigenvalue weighted by Crippen LogP contribution is -2.50. The molecule has 14 nitrogen and oxygen atoms in total. The molecule has 3 rings (SSSR count). The second-order valence-electron chi connectivity index (χ2n) is 8.41. The summed E-state index contributed by atoms with van der Waals surface area (Å²) in [5.74, 6) is -0.606. The zero-order chi connectivity index (χ0) is 27.4. The number of nitriles is 1. The molecule has 6 atom stereocenters. The van der Waals surface area contributed by atoms with Crippen LogP contribution in [0.3, 0.4) is 0 Å². The highest BCUT2D eigenvalue weighted by Gasteiger charge is 2.57. The average molecular weight is 538 g/mol. The van der Waals surface area contributed by atoms with E-state index in [1.165, 1.54) is 19.1 Å². The number of benzene rings is 1. The standard InChI is InChI=1S/C22H27N4O10P/c1-13(2)34-20(30)14(3)25-37(32,36-15-7-5-4-6-8-15)33-11-16-18(28)19(29)22(12-23,35-16)26-10-9-17(27)24-21(26)31/h4-10,13-14,16,18-19,28-29H,11H2,1-3H3,(H,25,32)(H,24,27,31)/t14-,16+,18?,19?,22+,37+/m0/s1. The summed E-state index contributed by atoms with van der Waals surface area (Å²) in [6.45, 7) is 3.95. The monoisotopic (exact) mass is 538 g/mol. The van der Waals surface area contributed by atoms with E-state index in [0.29, 0.717) is 4.57 Å². The first-order valence-corrected chi connectivity index (χ1v) is 12.7. The number of aromatic nitrogens is 2. The maximum atomic E-state index is 13.6. The van der Waals surface area contributed by atoms with Crippen molar-refractivity contribution < 1.29 is 38.1 Å². The number of para-hydroxylation sites is 1. The Morgan fingerprint density at radius 3 is 2.54 bits per heavy atom. The van der Waals surface area contributed by atoms with Gasteiger partial charge in [0.05, 0.1) is 12.7 Å². The molecule has 1 aromatic carbocycles. The Bertz CT molecular complexity index is 1310. The van der Waals surface area contributed by atoms with Crippen molar-refractivity contribution in [3.63, 3.8) is 0 Å². The number of carbonyl (C=O) groups is 1. The van der Waals surface area contributed by atoms with Crippen molar-refractivity contribution in [1.82, 2.24) is 14.6 Å². The molecule has 0 aliphatic carbocycles. The fourth-order valence-electron chi connectivity index (χ4n) is 3.47. The van der Waals surface area contributed by atoms with Crippen LogP contribution in [0.2, 0.25) is 0 Å². The smallest absolute Gasteiger partial charge is 0.459 e. The number of hydrogen-bond acceptors (Lipinski definition) is 11. The van der Waals surface area contributed by atoms with Crippen LogP contribution in [0, 0.1) is 11.3 Å². The number of aliphatic hydroxyl groups excluding tert-OH is 2. The summed E-state index contributed by atoms with van der Waals surface area (Å²) in [5.41, 5.74) is -4.25. The molecule has 200 valence electrons. The minimum absolute atomic E-state index is 0.127. The number of carbonyl (C=O) groups excluding carboxylic acids is 1. The topological polar surface area (TPSA) is 202 Å². The molecule has 2 unspecified atom stereocenters. The largest absolute Gasteiger partial charge is 0.462 e. The van der Waals surface area contributed by atoms with Gasteiger partial charge in [-0.2, -0.15) is 10.3 Å². The van der Waals surface area contributed by atoms with Crippen LogP contribution in [-0.2, 0) is 29.1 Å². The Morgan fingerprint density at radius 2 is 1.95 bits per heavy atom. The van der Waals surface area contributed by atoms with E-state index in [0.717, 1.165) is 12.3 Å². The Balaban J connectivity index is 1.84. The summed E-state index contributed by atoms with van der Waals surface area (Å²) in [5, 5.41) is 33.4. The van der Waals surface area contributed by atoms with Crippen molar-refractivity contribution in [2.75, 3.05) is 6.61 Å². The fraction of sp³-hybridized carbons (Fsp3) is 0.455. The molecule has 0 spiro atoms. The zero-order valence-corrected chi connectivity index (χ0v) is 21.0. The van der Waals surface area contributed by atoms with Gasteiger partial charge < -0.3 is 24.2 Å². The normalized spacial score (nSPS) is 25.7. The molecule has 1 saturated heterocycles. The van der Waals surface area contributed by atoms with Crippen LogP contribution in [0.1, 0.15) is 20.8 Å². The first-order chi connectivity index (χ1) is 17.4. The SMILES string of the molecule is CC(C)OC(=O)[C@H](C)N[P@@](=O)(OC[C@H]1O[C@@](C#N)(n2ccc(=O)[nH]c2=O)C(O)C1O)Oc1ccccc1. The lowest BCUT2D eigenvalue weighted by molar-refractivity contribution is -0.149. The van der Waals surface area contributed by atoms with Gasteiger partial charge in [0, 0.05) is 12.3 Å². The minimum atomic E-state index is -4.35. The van der Waals surface area contributed by atoms with E-state index in [1.54, 1.807) is 38.1 Å². The molecule has 1 fully saturated rings. The number of ether oxygens (including phenoxy) is 2. The van der Waals surface area contributed by atoms with E-state index in [9.17, 15) is 34.4 Å². The molecular formula is C22H27N4O10P. The van der Waals surface area contributed by atoms with Gasteiger partial charge in [-0.15, -0.1) is 0 Å². The van der Waals surface area contributed by atoms with Gasteiger partial charge in [-0.3, -0.25) is 23.7 Å². The van der Waals surface area contributed by atoms with Crippen molar-refractivity contribution in [3.8, 4) is 11.8 Å². The first-order valence-electron chi connectivity index (χ1n) is 11.2. The van der Waals surface area contributed by atoms with Crippen LogP contribution < -0.4 is 20.9 Å². The van der Waals surface area contributed by atoms with E-state index in [4.69, 9.17) is 18.5 Å². The van der Waals surface area contributed by atoms with Gasteiger partial charge in [0.15, 0.2) is 0 Å². The minimum Gasteiger partial charge on any atom is -0.462 e. The number of aromatic amines is 1. The lowest BCUT2D eigenvalue weighted by atomic mass is 10.0. The molecule has 0 radical (unpaired) electrons. The summed E-state index contributed by atoms with van der Waals surface area (Å²) in [7, 11) is -4.35. The molecule has 37 heavy (non-hydrogen) atoms. The van der Waals surface area contributed by atoms with Crippen molar-refractivity contribution in [3.05, 3.63) is 63.4 Å². The van der Waals surface area contributed by atoms with Crippen molar-refractivity contribution in [1.29, 1.82) is 5.26 Å². The number of aliphatic hydroxyl groups is 2. The van der Waals surface area contributed by atoms with Gasteiger partial charge in [-0.25, -0.2) is 9.36 Å². The summed E-state index contributed by atoms with van der Waals surface area (Å²) in [6.07, 6.45) is -4.74. The molecule has 1 aliphatic heterocycles. The van der Waals surface area contributed by atoms with Gasteiger partial charge in [0.1, 0.15) is 36.2 Å². The van der Waals surface area contributed by atoms with Gasteiger partial charge in [-0.1, -0.05) is 18.2 Å². The summed E-state index contributed by atoms with van der Waals surface area (Å²) >= 11 is 0. The maximum absolute atomic E-state index is 13.6. The highest BCUT2D eigenvalue weighted by atomic mass is 31.2. The Hall–Kier alpha value is -3.31. The van der Waals surface area contributed by atoms with E-state index in [2.05, 4.69) is 5.09 Å². The quantitative estimate of drug-likeness (QED) is 0.233. The van der Waals surface area contributed by atoms with Gasteiger partial charge in [0.25, 0.3) is 11.3 Å². The molecule has 0 saturated carbocycles. The van der Waals surface area contributed by atoms with Gasteiger partial charge in [0.2, 0.25) is 0 Å². The fourth-order valence-corrected chi connectivity index (χ4v) is 4.97. The van der Waals surface area contributed by atoms with Crippen LogP contribution in [0.25, 0.3) is 0 Å². The molecule has 4 N–H and O–H groups in total. The Labute approximate surface area is 211 Å². The van der Waals surface area contributed by atoms with Crippen LogP contribution in [-0.4, -0.2) is 62.8 Å². The van der Waals surface area contributed by atoms with Crippen molar-refractivity contribution in [2.24, 2.45) is 0 Å². The number of H-pyrrole nitrogens is 1. The lowest BCUT2D eigenvalue weighted by Gasteiger charge is -2.26. The second-order valence-corrected chi connectivity index (χ2v) is 10.1. The predicted octanol–water partition coefficient (Wildman–Crippen LogP) is -0.0330. The number of rotatable bonds is 10. The van der Waals surface area contributed by atoms with Gasteiger partial charge in [-0.05, 0) is 32.9 Å². The summed E-state index contributed by atoms with van der Waals surface area (Å²) in [4.78, 5) is 37.9. The number of esters is 1. The van der Waals surface area contributed by atoms with Crippen molar-refractivity contribution in [2.45, 2.75) is 57.0 Å². The third-order valence-electron chi connectivity index (χ3n) is 5.21. The molecule has 2 heterocycles. The first kappa shape index (κ1) is 28.3. The summed E-state index contributed by atoms with van der Waals surface area (Å²) in [6, 6.07) is 9.32. The number of nitrogens with zero attached hydrogens (tertiary/aromatic N) is 2. The molecule has 0 amide bonds. The zero-order valence-electron chi connectivity index (χ0n) is 20.1. The third-order valence-corrected chi connectivity index (χ3v) is 6.86. The van der Waals surface area contributed by atoms with E-state index in [1.807, 2.05) is 4.98 Å². The maximum Gasteiger partial charge on any atom is 0.459 e. The summed E-state index contributed by atoms with van der Waals surface area (Å²) < 4.78 is 35.8. The number of hydrogen-bond donors (Lipinski definition) is 4. The van der Waals surface area contributed by atoms with E-state index >= 15 is 0 Å². The molecule has 0 bridgehead atoms. The third kappa shape index (κ3) is 6.34. The highest BCUT2D eigenvalue weighted by molar-refractivity contribution is 7.52.